The van der Waals surface area contributed by atoms with Crippen LogP contribution in [0.4, 0.5) is 5.69 Å². The number of hydrogen-bond acceptors (Lipinski definition) is 5. The van der Waals surface area contributed by atoms with Crippen LogP contribution in [0.25, 0.3) is 0 Å². The zero-order chi connectivity index (χ0) is 23.1. The molecule has 0 aliphatic heterocycles. The van der Waals surface area contributed by atoms with Crippen molar-refractivity contribution in [3.8, 4) is 0 Å². The van der Waals surface area contributed by atoms with E-state index >= 15 is 0 Å². The topological polar surface area (TPSA) is 102 Å². The summed E-state index contributed by atoms with van der Waals surface area (Å²) in [4.78, 5) is 25.2. The molecule has 0 aliphatic carbocycles. The Bertz CT molecular complexity index is 1200. The summed E-state index contributed by atoms with van der Waals surface area (Å²) in [7, 11) is -2.75. The summed E-state index contributed by atoms with van der Waals surface area (Å²) in [5.74, 6) is -1.22. The van der Waals surface area contributed by atoms with Crippen LogP contribution in [0.2, 0.25) is 0 Å². The summed E-state index contributed by atoms with van der Waals surface area (Å²) < 4.78 is 33.9. The summed E-state index contributed by atoms with van der Waals surface area (Å²) in [5.41, 5.74) is 1.16. The number of ether oxygens (including phenoxy) is 1. The number of para-hydroxylation sites is 1. The predicted molar refractivity (Wildman–Crippen MR) is 125 cm³/mol. The summed E-state index contributed by atoms with van der Waals surface area (Å²) in [6.45, 7) is 0. The highest BCUT2D eigenvalue weighted by Crippen LogP contribution is 2.19. The van der Waals surface area contributed by atoms with Gasteiger partial charge < -0.3 is 10.1 Å². The van der Waals surface area contributed by atoms with Crippen molar-refractivity contribution >= 4 is 43.5 Å². The van der Waals surface area contributed by atoms with E-state index in [0.717, 1.165) is 10.0 Å². The van der Waals surface area contributed by atoms with Crippen LogP contribution in [0.15, 0.2) is 88.2 Å². The van der Waals surface area contributed by atoms with Gasteiger partial charge in [-0.05, 0) is 48.4 Å². The van der Waals surface area contributed by atoms with E-state index in [2.05, 4.69) is 26.0 Å². The van der Waals surface area contributed by atoms with Gasteiger partial charge >= 0.3 is 5.97 Å². The number of sulfonamides is 1. The van der Waals surface area contributed by atoms with Crippen molar-refractivity contribution in [2.24, 2.45) is 0 Å². The van der Waals surface area contributed by atoms with Crippen LogP contribution < -0.4 is 10.0 Å². The Morgan fingerprint density at radius 1 is 0.938 bits per heavy atom. The lowest BCUT2D eigenvalue weighted by Gasteiger charge is -2.19. The minimum atomic E-state index is -3.99. The fraction of sp³-hybridized carbons (Fsp3) is 0.130. The van der Waals surface area contributed by atoms with Gasteiger partial charge in [0.1, 0.15) is 6.04 Å². The Hall–Kier alpha value is -3.01. The van der Waals surface area contributed by atoms with Crippen LogP contribution in [0.1, 0.15) is 15.9 Å². The Balaban J connectivity index is 1.90. The Kier molecular flexibility index (Phi) is 7.79. The maximum Gasteiger partial charge on any atom is 0.339 e. The maximum absolute atomic E-state index is 13.1. The van der Waals surface area contributed by atoms with Gasteiger partial charge in [-0.15, -0.1) is 0 Å². The average molecular weight is 517 g/mol. The van der Waals surface area contributed by atoms with Gasteiger partial charge in [0.25, 0.3) is 0 Å². The number of rotatable bonds is 8. The molecule has 0 spiro atoms. The SMILES string of the molecule is COC(=O)c1ccccc1NC(=O)[C@H](Cc1ccccc1)NS(=O)(=O)c1ccc(Br)cc1. The predicted octanol–water partition coefficient (Wildman–Crippen LogP) is 3.76. The molecular weight excluding hydrogens is 496 g/mol. The second-order valence-corrected chi connectivity index (χ2v) is 9.47. The van der Waals surface area contributed by atoms with Gasteiger partial charge in [0.2, 0.25) is 15.9 Å². The van der Waals surface area contributed by atoms with Gasteiger partial charge in [-0.3, -0.25) is 4.79 Å². The van der Waals surface area contributed by atoms with E-state index in [1.807, 2.05) is 6.07 Å². The quantitative estimate of drug-likeness (QED) is 0.443. The van der Waals surface area contributed by atoms with E-state index < -0.39 is 27.9 Å². The number of carbonyl (C=O) groups excluding carboxylic acids is 2. The molecule has 0 saturated carbocycles. The molecule has 2 N–H and O–H groups in total. The first kappa shape index (κ1) is 23.6. The van der Waals surface area contributed by atoms with Crippen molar-refractivity contribution in [2.75, 3.05) is 12.4 Å². The normalized spacial score (nSPS) is 12.1. The fourth-order valence-corrected chi connectivity index (χ4v) is 4.47. The molecule has 1 atom stereocenters. The summed E-state index contributed by atoms with van der Waals surface area (Å²) in [5, 5.41) is 2.66. The lowest BCUT2D eigenvalue weighted by Crippen LogP contribution is -2.45. The van der Waals surface area contributed by atoms with Gasteiger partial charge in [-0.1, -0.05) is 58.4 Å². The number of hydrogen-bond donors (Lipinski definition) is 2. The van der Waals surface area contributed by atoms with E-state index in [0.29, 0.717) is 0 Å². The highest BCUT2D eigenvalue weighted by Gasteiger charge is 2.27. The van der Waals surface area contributed by atoms with Crippen LogP contribution in [-0.4, -0.2) is 33.4 Å². The van der Waals surface area contributed by atoms with Crippen molar-refractivity contribution in [3.63, 3.8) is 0 Å². The number of methoxy groups -OCH3 is 1. The number of esters is 1. The van der Waals surface area contributed by atoms with Gasteiger partial charge in [-0.2, -0.15) is 4.72 Å². The molecule has 0 unspecified atom stereocenters. The van der Waals surface area contributed by atoms with E-state index in [1.165, 1.54) is 25.3 Å². The number of carbonyl (C=O) groups is 2. The number of halogens is 1. The lowest BCUT2D eigenvalue weighted by molar-refractivity contribution is -0.117. The van der Waals surface area contributed by atoms with Gasteiger partial charge in [0, 0.05) is 4.47 Å². The summed E-state index contributed by atoms with van der Waals surface area (Å²) in [6.07, 6.45) is 0.114. The largest absolute Gasteiger partial charge is 0.465 e. The zero-order valence-electron chi connectivity index (χ0n) is 17.1. The van der Waals surface area contributed by atoms with Crippen molar-refractivity contribution in [3.05, 3.63) is 94.5 Å². The maximum atomic E-state index is 13.1. The molecule has 3 rings (SSSR count). The third-order valence-electron chi connectivity index (χ3n) is 4.61. The summed E-state index contributed by atoms with van der Waals surface area (Å²) in [6, 6.07) is 20.4. The number of amides is 1. The van der Waals surface area contributed by atoms with Crippen LogP contribution in [-0.2, 0) is 26.0 Å². The second kappa shape index (κ2) is 10.5. The van der Waals surface area contributed by atoms with Crippen LogP contribution in [0.5, 0.6) is 0 Å². The Morgan fingerprint density at radius 2 is 1.56 bits per heavy atom. The van der Waals surface area contributed by atoms with E-state index in [1.54, 1.807) is 54.6 Å². The van der Waals surface area contributed by atoms with Crippen LogP contribution in [0.3, 0.4) is 0 Å². The molecule has 166 valence electrons. The molecule has 3 aromatic rings. The van der Waals surface area contributed by atoms with Crippen LogP contribution in [0, 0.1) is 0 Å². The molecule has 9 heteroatoms. The standard InChI is InChI=1S/C23H21BrN2O5S/c1-31-23(28)19-9-5-6-10-20(19)25-22(27)21(15-16-7-3-2-4-8-16)26-32(29,30)18-13-11-17(24)12-14-18/h2-14,21,26H,15H2,1H3,(H,25,27)/t21-/m0/s1. The third-order valence-corrected chi connectivity index (χ3v) is 6.63. The lowest BCUT2D eigenvalue weighted by atomic mass is 10.1. The van der Waals surface area contributed by atoms with Gasteiger partial charge in [0.15, 0.2) is 0 Å². The minimum Gasteiger partial charge on any atom is -0.465 e. The molecule has 0 saturated heterocycles. The minimum absolute atomic E-state index is 0.0292. The van der Waals surface area contributed by atoms with Gasteiger partial charge in [0.05, 0.1) is 23.3 Å². The first-order valence-corrected chi connectivity index (χ1v) is 11.9. The molecule has 0 aromatic heterocycles. The summed E-state index contributed by atoms with van der Waals surface area (Å²) >= 11 is 3.27. The number of benzene rings is 3. The molecule has 0 bridgehead atoms. The van der Waals surface area contributed by atoms with Gasteiger partial charge in [-0.25, -0.2) is 13.2 Å². The van der Waals surface area contributed by atoms with Crippen molar-refractivity contribution in [2.45, 2.75) is 17.4 Å². The first-order chi connectivity index (χ1) is 15.3. The molecule has 0 heterocycles. The first-order valence-electron chi connectivity index (χ1n) is 9.60. The van der Waals surface area contributed by atoms with Crippen molar-refractivity contribution < 1.29 is 22.7 Å². The van der Waals surface area contributed by atoms with Crippen molar-refractivity contribution in [1.29, 1.82) is 0 Å². The molecule has 0 fully saturated rings. The molecular formula is C23H21BrN2O5S. The highest BCUT2D eigenvalue weighted by atomic mass is 79.9. The molecule has 0 aliphatic rings. The highest BCUT2D eigenvalue weighted by molar-refractivity contribution is 9.10. The van der Waals surface area contributed by atoms with Crippen LogP contribution >= 0.6 is 15.9 Å². The fourth-order valence-electron chi connectivity index (χ4n) is 3.01. The van der Waals surface area contributed by atoms with E-state index in [9.17, 15) is 18.0 Å². The number of nitrogens with one attached hydrogen (secondary N) is 2. The van der Waals surface area contributed by atoms with E-state index in [-0.39, 0.29) is 22.6 Å². The average Bonchev–Trinajstić information content (AvgIpc) is 2.79. The monoisotopic (exact) mass is 516 g/mol. The molecule has 1 amide bonds. The Labute approximate surface area is 195 Å². The second-order valence-electron chi connectivity index (χ2n) is 6.84. The molecule has 3 aromatic carbocycles. The van der Waals surface area contributed by atoms with Crippen molar-refractivity contribution in [1.82, 2.24) is 4.72 Å². The van der Waals surface area contributed by atoms with E-state index in [4.69, 9.17) is 4.74 Å². The smallest absolute Gasteiger partial charge is 0.339 e. The molecule has 0 radical (unpaired) electrons. The Morgan fingerprint density at radius 3 is 2.22 bits per heavy atom. The molecule has 7 nitrogen and oxygen atoms in total. The zero-order valence-corrected chi connectivity index (χ0v) is 19.5. The number of anilines is 1. The molecule has 32 heavy (non-hydrogen) atoms. The third kappa shape index (κ3) is 6.03.